The van der Waals surface area contributed by atoms with E-state index in [0.717, 1.165) is 29.7 Å². The monoisotopic (exact) mass is 516 g/mol. The Balaban J connectivity index is 0.000000194. The lowest BCUT2D eigenvalue weighted by Crippen LogP contribution is -2.54. The van der Waals surface area contributed by atoms with Crippen molar-refractivity contribution >= 4 is 75.6 Å². The highest BCUT2D eigenvalue weighted by atomic mass is 79.9. The minimum absolute atomic E-state index is 0.543. The van der Waals surface area contributed by atoms with E-state index in [4.69, 9.17) is 0 Å². The van der Waals surface area contributed by atoms with E-state index in [1.165, 1.54) is 0 Å². The maximum atomic E-state index is 4.38. The van der Waals surface area contributed by atoms with E-state index >= 15 is 0 Å². The van der Waals surface area contributed by atoms with Crippen molar-refractivity contribution in [1.29, 1.82) is 0 Å². The average Bonchev–Trinajstić information content (AvgIpc) is 2.98. The summed E-state index contributed by atoms with van der Waals surface area (Å²) in [5, 5.41) is 4.63. The fraction of sp³-hybridized carbons (Fsp3) is 0.500. The van der Waals surface area contributed by atoms with Crippen molar-refractivity contribution in [3.63, 3.8) is 0 Å². The second-order valence-electron chi connectivity index (χ2n) is 4.74. The van der Waals surface area contributed by atoms with Crippen LogP contribution in [0.15, 0.2) is 23.9 Å². The average molecular weight is 519 g/mol. The summed E-state index contributed by atoms with van der Waals surface area (Å²) < 4.78 is 3.07. The number of nitrogens with zero attached hydrogens (tertiary/aromatic N) is 3. The molecule has 1 saturated heterocycles. The van der Waals surface area contributed by atoms with E-state index in [1.807, 2.05) is 6.20 Å². The standard InChI is InChI=1S/C9H14BrN3S.C3HBr2NS/c1-6-4-13(5-7(2)12-6)9-11-3-8(10)14-9;4-2-1-6-3(5)7-2/h3,6-7,12H,4-5H2,1-2H3;1H/t6-,7+;. The van der Waals surface area contributed by atoms with Crippen molar-refractivity contribution < 1.29 is 0 Å². The molecule has 1 fully saturated rings. The van der Waals surface area contributed by atoms with Crippen molar-refractivity contribution in [3.8, 4) is 0 Å². The molecule has 0 aliphatic carbocycles. The molecule has 0 unspecified atom stereocenters. The Bertz CT molecular complexity index is 548. The molecule has 3 rings (SSSR count). The number of anilines is 1. The predicted molar refractivity (Wildman–Crippen MR) is 102 cm³/mol. The van der Waals surface area contributed by atoms with Crippen LogP contribution in [0.5, 0.6) is 0 Å². The first kappa shape index (κ1) is 17.8. The van der Waals surface area contributed by atoms with E-state index in [1.54, 1.807) is 28.9 Å². The van der Waals surface area contributed by atoms with Crippen LogP contribution in [0.25, 0.3) is 0 Å². The molecule has 116 valence electrons. The maximum Gasteiger partial charge on any atom is 0.186 e. The van der Waals surface area contributed by atoms with E-state index in [2.05, 4.69) is 81.8 Å². The minimum atomic E-state index is 0.543. The molecule has 2 aromatic rings. The van der Waals surface area contributed by atoms with Crippen LogP contribution >= 0.6 is 70.5 Å². The summed E-state index contributed by atoms with van der Waals surface area (Å²) in [6, 6.07) is 1.09. The Hall–Kier alpha value is 0.460. The van der Waals surface area contributed by atoms with Gasteiger partial charge in [-0.25, -0.2) is 9.97 Å². The molecule has 1 aliphatic rings. The third-order valence-electron chi connectivity index (χ3n) is 2.74. The zero-order valence-corrected chi connectivity index (χ0v) is 17.9. The lowest BCUT2D eigenvalue weighted by Gasteiger charge is -2.35. The van der Waals surface area contributed by atoms with Gasteiger partial charge in [0.15, 0.2) is 9.05 Å². The summed E-state index contributed by atoms with van der Waals surface area (Å²) in [4.78, 5) is 10.6. The van der Waals surface area contributed by atoms with Gasteiger partial charge in [-0.05, 0) is 61.6 Å². The lowest BCUT2D eigenvalue weighted by molar-refractivity contribution is 0.406. The maximum absolute atomic E-state index is 4.38. The van der Waals surface area contributed by atoms with Gasteiger partial charge in [0.2, 0.25) is 0 Å². The number of thiazole rings is 2. The molecule has 3 heterocycles. The summed E-state index contributed by atoms with van der Waals surface area (Å²) in [7, 11) is 0. The normalized spacial score (nSPS) is 21.9. The molecule has 0 bridgehead atoms. The minimum Gasteiger partial charge on any atom is -0.345 e. The van der Waals surface area contributed by atoms with Crippen LogP contribution in [0.4, 0.5) is 5.13 Å². The third-order valence-corrected chi connectivity index (χ3v) is 6.23. The van der Waals surface area contributed by atoms with Crippen LogP contribution in [0, 0.1) is 0 Å². The molecule has 4 nitrogen and oxygen atoms in total. The number of aromatic nitrogens is 2. The second-order valence-corrected chi connectivity index (χ2v) is 10.8. The van der Waals surface area contributed by atoms with Gasteiger partial charge in [-0.3, -0.25) is 0 Å². The first-order chi connectivity index (χ1) is 9.94. The number of rotatable bonds is 1. The van der Waals surface area contributed by atoms with E-state index in [9.17, 15) is 0 Å². The third kappa shape index (κ3) is 5.87. The van der Waals surface area contributed by atoms with Gasteiger partial charge in [0.1, 0.15) is 0 Å². The molecule has 2 aromatic heterocycles. The molecule has 2 atom stereocenters. The zero-order valence-electron chi connectivity index (χ0n) is 11.5. The van der Waals surface area contributed by atoms with Crippen molar-refractivity contribution in [1.82, 2.24) is 15.3 Å². The van der Waals surface area contributed by atoms with Gasteiger partial charge in [-0.1, -0.05) is 11.3 Å². The second kappa shape index (κ2) is 8.35. The van der Waals surface area contributed by atoms with Crippen LogP contribution in [-0.2, 0) is 0 Å². The van der Waals surface area contributed by atoms with Crippen molar-refractivity contribution in [2.24, 2.45) is 0 Å². The largest absolute Gasteiger partial charge is 0.345 e. The molecular weight excluding hydrogens is 504 g/mol. The van der Waals surface area contributed by atoms with E-state index in [-0.39, 0.29) is 0 Å². The molecule has 0 saturated carbocycles. The Morgan fingerprint density at radius 1 is 1.05 bits per heavy atom. The van der Waals surface area contributed by atoms with Crippen LogP contribution < -0.4 is 10.2 Å². The number of hydrogen-bond donors (Lipinski definition) is 1. The number of hydrogen-bond acceptors (Lipinski definition) is 6. The fourth-order valence-electron chi connectivity index (χ4n) is 2.11. The molecular formula is C12H15Br3N4S2. The summed E-state index contributed by atoms with van der Waals surface area (Å²) in [6.07, 6.45) is 3.63. The topological polar surface area (TPSA) is 41.1 Å². The predicted octanol–water partition coefficient (Wildman–Crippen LogP) is 4.76. The van der Waals surface area contributed by atoms with Crippen LogP contribution in [0.3, 0.4) is 0 Å². The van der Waals surface area contributed by atoms with Crippen LogP contribution in [-0.4, -0.2) is 35.1 Å². The Morgan fingerprint density at radius 2 is 1.62 bits per heavy atom. The highest BCUT2D eigenvalue weighted by molar-refractivity contribution is 9.12. The fourth-order valence-corrected chi connectivity index (χ4v) is 5.52. The molecule has 1 aliphatic heterocycles. The van der Waals surface area contributed by atoms with E-state index < -0.39 is 0 Å². The first-order valence-corrected chi connectivity index (χ1v) is 10.3. The summed E-state index contributed by atoms with van der Waals surface area (Å²) >= 11 is 13.2. The van der Waals surface area contributed by atoms with Gasteiger partial charge in [0, 0.05) is 25.2 Å². The molecule has 0 radical (unpaired) electrons. The quantitative estimate of drug-likeness (QED) is 0.591. The number of nitrogens with one attached hydrogen (secondary N) is 1. The summed E-state index contributed by atoms with van der Waals surface area (Å²) in [5.41, 5.74) is 0. The smallest absolute Gasteiger partial charge is 0.186 e. The van der Waals surface area contributed by atoms with Crippen LogP contribution in [0.1, 0.15) is 13.8 Å². The van der Waals surface area contributed by atoms with Gasteiger partial charge < -0.3 is 10.2 Å². The van der Waals surface area contributed by atoms with Crippen LogP contribution in [0.2, 0.25) is 0 Å². The first-order valence-electron chi connectivity index (χ1n) is 6.33. The van der Waals surface area contributed by atoms with Gasteiger partial charge in [-0.2, -0.15) is 0 Å². The Morgan fingerprint density at radius 3 is 2.00 bits per heavy atom. The van der Waals surface area contributed by atoms with Crippen molar-refractivity contribution in [2.45, 2.75) is 25.9 Å². The summed E-state index contributed by atoms with van der Waals surface area (Å²) in [5.74, 6) is 0. The molecule has 0 spiro atoms. The van der Waals surface area contributed by atoms with Crippen molar-refractivity contribution in [2.75, 3.05) is 18.0 Å². The highest BCUT2D eigenvalue weighted by Gasteiger charge is 2.22. The van der Waals surface area contributed by atoms with Gasteiger partial charge in [0.05, 0.1) is 20.0 Å². The molecule has 1 N–H and O–H groups in total. The number of piperazine rings is 1. The molecule has 9 heteroatoms. The lowest BCUT2D eigenvalue weighted by atomic mass is 10.2. The zero-order chi connectivity index (χ0) is 15.4. The van der Waals surface area contributed by atoms with E-state index in [0.29, 0.717) is 12.1 Å². The SMILES string of the molecule is Brc1cnc(Br)s1.C[C@@H]1CN(c2ncc(Br)s2)C[C@H](C)N1. The Labute approximate surface area is 157 Å². The molecule has 0 aromatic carbocycles. The number of halogens is 3. The highest BCUT2D eigenvalue weighted by Crippen LogP contribution is 2.27. The van der Waals surface area contributed by atoms with Gasteiger partial charge in [0.25, 0.3) is 0 Å². The Kier molecular flexibility index (Phi) is 7.08. The van der Waals surface area contributed by atoms with Gasteiger partial charge in [-0.15, -0.1) is 11.3 Å². The molecule has 0 amide bonds. The van der Waals surface area contributed by atoms with Crippen molar-refractivity contribution in [3.05, 3.63) is 23.9 Å². The summed E-state index contributed by atoms with van der Waals surface area (Å²) in [6.45, 7) is 6.52. The molecule has 21 heavy (non-hydrogen) atoms. The van der Waals surface area contributed by atoms with Gasteiger partial charge >= 0.3 is 0 Å².